The van der Waals surface area contributed by atoms with Crippen molar-refractivity contribution in [2.45, 2.75) is 18.0 Å². The van der Waals surface area contributed by atoms with E-state index in [0.717, 1.165) is 29.2 Å². The molecule has 0 aliphatic carbocycles. The van der Waals surface area contributed by atoms with E-state index in [9.17, 15) is 0 Å². The number of rotatable bonds is 6. The van der Waals surface area contributed by atoms with Crippen molar-refractivity contribution in [1.82, 2.24) is 4.90 Å². The summed E-state index contributed by atoms with van der Waals surface area (Å²) in [6.45, 7) is 8.19. The van der Waals surface area contributed by atoms with Gasteiger partial charge in [0.1, 0.15) is 11.5 Å². The fourth-order valence-electron chi connectivity index (χ4n) is 2.16. The second-order valence-electron chi connectivity index (χ2n) is 5.27. The second kappa shape index (κ2) is 7.88. The maximum absolute atomic E-state index is 7.00. The topological polar surface area (TPSA) is 16.8 Å². The van der Waals surface area contributed by atoms with Crippen LogP contribution < -0.4 is 4.74 Å². The monoisotopic (exact) mass is 312 g/mol. The first-order valence-corrected chi connectivity index (χ1v) is 8.26. The minimum absolute atomic E-state index is 0.406. The summed E-state index contributed by atoms with van der Waals surface area (Å²) in [5.41, 5.74) is 2.12. The molecule has 0 aliphatic heterocycles. The van der Waals surface area contributed by atoms with Crippen LogP contribution in [0, 0.1) is 6.57 Å². The van der Waals surface area contributed by atoms with Gasteiger partial charge in [-0.3, -0.25) is 0 Å². The second-order valence-corrected chi connectivity index (χ2v) is 6.15. The summed E-state index contributed by atoms with van der Waals surface area (Å²) in [4.78, 5) is 6.77. The Balaban J connectivity index is 2.25. The summed E-state index contributed by atoms with van der Waals surface area (Å²) in [6.07, 6.45) is 2.06. The Hall–Kier alpha value is -1.96. The zero-order valence-electron chi connectivity index (χ0n) is 13.2. The largest absolute Gasteiger partial charge is 0.457 e. The lowest BCUT2D eigenvalue weighted by Gasteiger charge is -2.15. The lowest BCUT2D eigenvalue weighted by molar-refractivity contribution is 0.388. The molecule has 2 aromatic carbocycles. The Bertz CT molecular complexity index is 660. The van der Waals surface area contributed by atoms with E-state index in [-0.39, 0.29) is 0 Å². The third-order valence-corrected chi connectivity index (χ3v) is 3.90. The van der Waals surface area contributed by atoms with Gasteiger partial charge in [-0.15, -0.1) is 11.8 Å². The first-order chi connectivity index (χ1) is 10.6. The van der Waals surface area contributed by atoms with Crippen molar-refractivity contribution in [1.29, 1.82) is 0 Å². The Morgan fingerprint density at radius 2 is 1.86 bits per heavy atom. The average molecular weight is 312 g/mol. The molecule has 22 heavy (non-hydrogen) atoms. The van der Waals surface area contributed by atoms with Crippen molar-refractivity contribution in [2.24, 2.45) is 0 Å². The molecule has 0 saturated carbocycles. The Morgan fingerprint density at radius 3 is 2.45 bits per heavy atom. The molecule has 0 N–H and O–H groups in total. The molecule has 0 radical (unpaired) electrons. The fraction of sp³-hybridized carbons (Fsp3) is 0.278. The zero-order chi connectivity index (χ0) is 15.9. The number of hydrogen-bond donors (Lipinski definition) is 0. The molecule has 0 spiro atoms. The molecule has 0 heterocycles. The van der Waals surface area contributed by atoms with Crippen molar-refractivity contribution in [3.8, 4) is 11.5 Å². The number of hydrogen-bond acceptors (Lipinski definition) is 3. The van der Waals surface area contributed by atoms with Gasteiger partial charge in [-0.25, -0.2) is 6.57 Å². The van der Waals surface area contributed by atoms with Gasteiger partial charge in [0.05, 0.1) is 0 Å². The van der Waals surface area contributed by atoms with Crippen LogP contribution in [0.15, 0.2) is 47.4 Å². The summed E-state index contributed by atoms with van der Waals surface area (Å²) in [6, 6.07) is 14.1. The molecule has 0 atom stereocenters. The molecule has 2 rings (SSSR count). The first kappa shape index (κ1) is 16.4. The van der Waals surface area contributed by atoms with E-state index in [0.29, 0.717) is 6.54 Å². The maximum Gasteiger partial charge on any atom is 0.239 e. The minimum atomic E-state index is 0.406. The predicted molar refractivity (Wildman–Crippen MR) is 92.4 cm³/mol. The first-order valence-electron chi connectivity index (χ1n) is 7.04. The molecule has 0 unspecified atom stereocenters. The van der Waals surface area contributed by atoms with Gasteiger partial charge >= 0.3 is 0 Å². The highest BCUT2D eigenvalue weighted by molar-refractivity contribution is 7.98. The molecule has 0 aromatic heterocycles. The molecule has 3 nitrogen and oxygen atoms in total. The van der Waals surface area contributed by atoms with Gasteiger partial charge in [0.25, 0.3) is 0 Å². The Morgan fingerprint density at radius 1 is 1.14 bits per heavy atom. The van der Waals surface area contributed by atoms with Crippen LogP contribution in [-0.4, -0.2) is 25.3 Å². The van der Waals surface area contributed by atoms with E-state index < -0.39 is 0 Å². The number of thioether (sulfide) groups is 1. The highest BCUT2D eigenvalue weighted by Crippen LogP contribution is 2.28. The van der Waals surface area contributed by atoms with Crippen molar-refractivity contribution in [2.75, 3.05) is 20.4 Å². The van der Waals surface area contributed by atoms with Crippen LogP contribution in [0.4, 0.5) is 0 Å². The lowest BCUT2D eigenvalue weighted by Crippen LogP contribution is -2.11. The van der Waals surface area contributed by atoms with Crippen molar-refractivity contribution >= 4 is 11.8 Å². The lowest BCUT2D eigenvalue weighted by atomic mass is 10.1. The van der Waals surface area contributed by atoms with Crippen LogP contribution in [0.3, 0.4) is 0 Å². The van der Waals surface area contributed by atoms with Crippen LogP contribution in [0.5, 0.6) is 11.5 Å². The number of benzene rings is 2. The van der Waals surface area contributed by atoms with E-state index in [4.69, 9.17) is 11.3 Å². The van der Waals surface area contributed by atoms with E-state index in [1.165, 1.54) is 4.90 Å². The predicted octanol–water partition coefficient (Wildman–Crippen LogP) is 4.68. The average Bonchev–Trinajstić information content (AvgIpc) is 2.50. The van der Waals surface area contributed by atoms with Crippen LogP contribution in [0.1, 0.15) is 11.1 Å². The SMILES string of the molecule is [C-]#[N+]Cc1ccc(Oc2ccc(SC)cc2)c(CN(C)C)c1. The fourth-order valence-corrected chi connectivity index (χ4v) is 2.57. The van der Waals surface area contributed by atoms with Crippen molar-refractivity contribution in [3.05, 3.63) is 65.0 Å². The Kier molecular flexibility index (Phi) is 5.88. The van der Waals surface area contributed by atoms with Gasteiger partial charge in [-0.1, -0.05) is 0 Å². The molecule has 2 aromatic rings. The quantitative estimate of drug-likeness (QED) is 0.569. The molecule has 0 fully saturated rings. The highest BCUT2D eigenvalue weighted by Gasteiger charge is 2.09. The molecular formula is C18H20N2OS. The molecule has 0 bridgehead atoms. The van der Waals surface area contributed by atoms with Crippen LogP contribution in [0.25, 0.3) is 4.85 Å². The highest BCUT2D eigenvalue weighted by atomic mass is 32.2. The van der Waals surface area contributed by atoms with Crippen molar-refractivity contribution < 1.29 is 4.74 Å². The molecule has 0 amide bonds. The molecular weight excluding hydrogens is 292 g/mol. The summed E-state index contributed by atoms with van der Waals surface area (Å²) in [5.74, 6) is 1.68. The summed E-state index contributed by atoms with van der Waals surface area (Å²) < 4.78 is 6.03. The minimum Gasteiger partial charge on any atom is -0.457 e. The van der Waals surface area contributed by atoms with Crippen LogP contribution in [-0.2, 0) is 13.1 Å². The smallest absolute Gasteiger partial charge is 0.239 e. The summed E-state index contributed by atoms with van der Waals surface area (Å²) >= 11 is 1.71. The van der Waals surface area contributed by atoms with E-state index in [1.807, 2.05) is 38.4 Å². The number of nitrogens with zero attached hydrogens (tertiary/aromatic N) is 2. The summed E-state index contributed by atoms with van der Waals surface area (Å²) in [5, 5.41) is 0. The summed E-state index contributed by atoms with van der Waals surface area (Å²) in [7, 11) is 4.05. The van der Waals surface area contributed by atoms with Crippen molar-refractivity contribution in [3.63, 3.8) is 0 Å². The van der Waals surface area contributed by atoms with E-state index in [1.54, 1.807) is 11.8 Å². The standard InChI is InChI=1S/C18H20N2OS/c1-19-12-14-5-10-18(15(11-14)13-20(2)3)21-16-6-8-17(22-4)9-7-16/h5-11H,12-13H2,2-4H3. The molecule has 0 saturated heterocycles. The van der Waals surface area contributed by atoms with Gasteiger partial charge in [0.2, 0.25) is 6.54 Å². The van der Waals surface area contributed by atoms with Crippen LogP contribution in [0.2, 0.25) is 0 Å². The van der Waals surface area contributed by atoms with Gasteiger partial charge in [0, 0.05) is 22.6 Å². The molecule has 0 aliphatic rings. The van der Waals surface area contributed by atoms with E-state index >= 15 is 0 Å². The Labute approximate surface area is 136 Å². The molecule has 4 heteroatoms. The zero-order valence-corrected chi connectivity index (χ0v) is 14.0. The van der Waals surface area contributed by atoms with Gasteiger partial charge in [-0.2, -0.15) is 0 Å². The van der Waals surface area contributed by atoms with Gasteiger partial charge in [0.15, 0.2) is 0 Å². The van der Waals surface area contributed by atoms with Crippen LogP contribution >= 0.6 is 11.8 Å². The third kappa shape index (κ3) is 4.52. The third-order valence-electron chi connectivity index (χ3n) is 3.16. The number of ether oxygens (including phenoxy) is 1. The van der Waals surface area contributed by atoms with E-state index in [2.05, 4.69) is 34.2 Å². The van der Waals surface area contributed by atoms with Gasteiger partial charge in [-0.05, 0) is 62.8 Å². The van der Waals surface area contributed by atoms with Gasteiger partial charge < -0.3 is 14.5 Å². The normalized spacial score (nSPS) is 10.5. The molecule has 114 valence electrons. The maximum atomic E-state index is 7.00.